The molecule has 0 fully saturated rings. The average Bonchev–Trinajstić information content (AvgIpc) is 2.89. The van der Waals surface area contributed by atoms with Gasteiger partial charge in [-0.1, -0.05) is 38.4 Å². The average molecular weight is 388 g/mol. The molecule has 0 saturated carbocycles. The van der Waals surface area contributed by atoms with E-state index >= 15 is 0 Å². The fourth-order valence-corrected chi connectivity index (χ4v) is 3.25. The summed E-state index contributed by atoms with van der Waals surface area (Å²) in [7, 11) is 0. The quantitative estimate of drug-likeness (QED) is 0.632. The number of aromatic nitrogens is 2. The van der Waals surface area contributed by atoms with Gasteiger partial charge in [0.1, 0.15) is 6.04 Å². The van der Waals surface area contributed by atoms with Gasteiger partial charge >= 0.3 is 6.18 Å². The molecule has 0 aliphatic heterocycles. The van der Waals surface area contributed by atoms with Crippen molar-refractivity contribution in [1.82, 2.24) is 9.78 Å². The summed E-state index contributed by atoms with van der Waals surface area (Å²) in [6.45, 7) is 9.78. The van der Waals surface area contributed by atoms with E-state index < -0.39 is 12.2 Å². The van der Waals surface area contributed by atoms with Crippen molar-refractivity contribution in [3.8, 4) is 11.3 Å². The van der Waals surface area contributed by atoms with Crippen molar-refractivity contribution in [3.05, 3.63) is 34.5 Å². The first kappa shape index (κ1) is 20.6. The zero-order valence-corrected chi connectivity index (χ0v) is 16.5. The Balaban J connectivity index is 2.53. The number of benzene rings is 1. The smallest absolute Gasteiger partial charge is 0.374 e. The van der Waals surface area contributed by atoms with Crippen LogP contribution in [0.2, 0.25) is 5.02 Å². The maximum Gasteiger partial charge on any atom is 0.408 e. The molecule has 0 radical (unpaired) electrons. The third-order valence-corrected chi connectivity index (χ3v) is 4.80. The number of nitrogens with zero attached hydrogens (tertiary/aromatic N) is 2. The largest absolute Gasteiger partial charge is 0.408 e. The Hall–Kier alpha value is -1.69. The van der Waals surface area contributed by atoms with Crippen LogP contribution >= 0.6 is 11.6 Å². The Labute approximate surface area is 157 Å². The molecule has 3 nitrogen and oxygen atoms in total. The summed E-state index contributed by atoms with van der Waals surface area (Å²) in [5.41, 5.74) is 3.93. The molecule has 0 bridgehead atoms. The van der Waals surface area contributed by atoms with Crippen LogP contribution in [-0.4, -0.2) is 22.0 Å². The zero-order valence-electron chi connectivity index (χ0n) is 15.7. The van der Waals surface area contributed by atoms with Crippen molar-refractivity contribution < 1.29 is 13.2 Å². The van der Waals surface area contributed by atoms with Crippen LogP contribution in [0.15, 0.2) is 18.2 Å². The van der Waals surface area contributed by atoms with Crippen LogP contribution in [0.5, 0.6) is 0 Å². The van der Waals surface area contributed by atoms with E-state index in [0.717, 1.165) is 35.9 Å². The topological polar surface area (TPSA) is 29.9 Å². The van der Waals surface area contributed by atoms with E-state index in [4.69, 9.17) is 11.6 Å². The zero-order chi connectivity index (χ0) is 19.6. The maximum absolute atomic E-state index is 12.8. The number of halogens is 4. The highest BCUT2D eigenvalue weighted by Crippen LogP contribution is 2.38. The van der Waals surface area contributed by atoms with Crippen molar-refractivity contribution >= 4 is 17.3 Å². The second kappa shape index (κ2) is 7.91. The summed E-state index contributed by atoms with van der Waals surface area (Å²) in [5, 5.41) is 7.69. The summed E-state index contributed by atoms with van der Waals surface area (Å²) in [4.78, 5) is 0. The lowest BCUT2D eigenvalue weighted by Crippen LogP contribution is -2.33. The predicted molar refractivity (Wildman–Crippen MR) is 101 cm³/mol. The Bertz CT molecular complexity index is 766. The lowest BCUT2D eigenvalue weighted by molar-refractivity contribution is -0.138. The molecular formula is C19H25ClF3N3. The second-order valence-electron chi connectivity index (χ2n) is 6.64. The molecule has 1 aromatic carbocycles. The van der Waals surface area contributed by atoms with E-state index in [1.165, 1.54) is 0 Å². The highest BCUT2D eigenvalue weighted by Gasteiger charge is 2.36. The highest BCUT2D eigenvalue weighted by atomic mass is 35.5. The van der Waals surface area contributed by atoms with Crippen LogP contribution in [0, 0.1) is 0 Å². The number of hydrogen-bond acceptors (Lipinski definition) is 2. The minimum Gasteiger partial charge on any atom is -0.374 e. The number of aryl methyl sites for hydroxylation is 2. The molecule has 0 saturated heterocycles. The molecule has 0 spiro atoms. The highest BCUT2D eigenvalue weighted by molar-refractivity contribution is 6.33. The molecule has 26 heavy (non-hydrogen) atoms. The third-order valence-electron chi connectivity index (χ3n) is 4.40. The lowest BCUT2D eigenvalue weighted by Gasteiger charge is -2.21. The molecule has 2 rings (SSSR count). The Morgan fingerprint density at radius 1 is 1.19 bits per heavy atom. The minimum atomic E-state index is -4.29. The van der Waals surface area contributed by atoms with Gasteiger partial charge in [0.2, 0.25) is 0 Å². The molecule has 2 aromatic rings. The molecule has 144 valence electrons. The van der Waals surface area contributed by atoms with E-state index in [9.17, 15) is 13.2 Å². The molecule has 0 amide bonds. The van der Waals surface area contributed by atoms with Gasteiger partial charge in [0.05, 0.1) is 16.4 Å². The summed E-state index contributed by atoms with van der Waals surface area (Å²) in [6.07, 6.45) is -3.57. The predicted octanol–water partition coefficient (Wildman–Crippen LogP) is 6.27. The number of hydrogen-bond donors (Lipinski definition) is 1. The maximum atomic E-state index is 12.8. The van der Waals surface area contributed by atoms with Crippen molar-refractivity contribution in [2.24, 2.45) is 0 Å². The molecule has 0 aliphatic carbocycles. The molecule has 0 unspecified atom stereocenters. The van der Waals surface area contributed by atoms with E-state index in [0.29, 0.717) is 17.3 Å². The van der Waals surface area contributed by atoms with Crippen molar-refractivity contribution in [2.45, 2.75) is 65.7 Å². The summed E-state index contributed by atoms with van der Waals surface area (Å²) in [6, 6.07) is 3.65. The Kier molecular flexibility index (Phi) is 6.27. The molecule has 0 aliphatic rings. The fourth-order valence-electron chi connectivity index (χ4n) is 2.88. The van der Waals surface area contributed by atoms with Crippen LogP contribution in [0.1, 0.15) is 51.8 Å². The van der Waals surface area contributed by atoms with Gasteiger partial charge in [-0.15, -0.1) is 0 Å². The first-order valence-corrected chi connectivity index (χ1v) is 9.20. The first-order valence-electron chi connectivity index (χ1n) is 8.82. The van der Waals surface area contributed by atoms with Gasteiger partial charge in [-0.3, -0.25) is 4.68 Å². The summed E-state index contributed by atoms with van der Waals surface area (Å²) >= 11 is 6.56. The molecule has 1 aromatic heterocycles. The summed E-state index contributed by atoms with van der Waals surface area (Å²) < 4.78 is 40.4. The third kappa shape index (κ3) is 4.17. The number of anilines is 1. The Morgan fingerprint density at radius 2 is 1.85 bits per heavy atom. The van der Waals surface area contributed by atoms with Gasteiger partial charge in [-0.2, -0.15) is 18.3 Å². The summed E-state index contributed by atoms with van der Waals surface area (Å²) in [5.74, 6) is 0.120. The van der Waals surface area contributed by atoms with Gasteiger partial charge in [0, 0.05) is 17.8 Å². The van der Waals surface area contributed by atoms with Gasteiger partial charge in [-0.25, -0.2) is 0 Å². The van der Waals surface area contributed by atoms with E-state index in [-0.39, 0.29) is 5.92 Å². The van der Waals surface area contributed by atoms with Gasteiger partial charge in [0.25, 0.3) is 0 Å². The van der Waals surface area contributed by atoms with Crippen LogP contribution in [0.3, 0.4) is 0 Å². The van der Waals surface area contributed by atoms with Gasteiger partial charge < -0.3 is 5.32 Å². The standard InChI is InChI=1S/C19H25ClF3N3/c1-6-16-17(20)18(26(7-2)25-16)14-9-8-13(10-15(14)11(3)4)24-12(5)19(21,22)23/h8-12,24H,6-7H2,1-5H3/t12-/m1/s1. The van der Waals surface area contributed by atoms with Gasteiger partial charge in [-0.05, 0) is 43.9 Å². The molecular weight excluding hydrogens is 363 g/mol. The number of rotatable bonds is 6. The Morgan fingerprint density at radius 3 is 2.35 bits per heavy atom. The van der Waals surface area contributed by atoms with Crippen LogP contribution in [0.25, 0.3) is 11.3 Å². The lowest BCUT2D eigenvalue weighted by atomic mass is 9.94. The van der Waals surface area contributed by atoms with Crippen LogP contribution in [0.4, 0.5) is 18.9 Å². The number of nitrogens with one attached hydrogen (secondary N) is 1. The van der Waals surface area contributed by atoms with Crippen molar-refractivity contribution in [2.75, 3.05) is 5.32 Å². The van der Waals surface area contributed by atoms with E-state index in [2.05, 4.69) is 10.4 Å². The first-order chi connectivity index (χ1) is 12.1. The van der Waals surface area contributed by atoms with Gasteiger partial charge in [0.15, 0.2) is 0 Å². The molecule has 1 atom stereocenters. The monoisotopic (exact) mass is 387 g/mol. The van der Waals surface area contributed by atoms with Crippen molar-refractivity contribution in [3.63, 3.8) is 0 Å². The minimum absolute atomic E-state index is 0.120. The van der Waals surface area contributed by atoms with E-state index in [1.54, 1.807) is 12.1 Å². The van der Waals surface area contributed by atoms with Crippen LogP contribution < -0.4 is 5.32 Å². The fraction of sp³-hybridized carbons (Fsp3) is 0.526. The SMILES string of the molecule is CCc1nn(CC)c(-c2ccc(N[C@H](C)C(F)(F)F)cc2C(C)C)c1Cl. The molecule has 1 heterocycles. The molecule has 1 N–H and O–H groups in total. The normalized spacial score (nSPS) is 13.3. The van der Waals surface area contributed by atoms with Crippen molar-refractivity contribution in [1.29, 1.82) is 0 Å². The van der Waals surface area contributed by atoms with Crippen LogP contribution in [-0.2, 0) is 13.0 Å². The second-order valence-corrected chi connectivity index (χ2v) is 7.02. The van der Waals surface area contributed by atoms with E-state index in [1.807, 2.05) is 38.4 Å². The molecule has 7 heteroatoms. The number of alkyl halides is 3.